The maximum Gasteiger partial charge on any atom is 0.326 e. The van der Waals surface area contributed by atoms with Gasteiger partial charge in [-0.1, -0.05) is 19.9 Å². The van der Waals surface area contributed by atoms with Crippen molar-refractivity contribution in [1.29, 1.82) is 0 Å². The first kappa shape index (κ1) is 17.5. The fourth-order valence-electron chi connectivity index (χ4n) is 4.00. The molecule has 2 bridgehead atoms. The van der Waals surface area contributed by atoms with Gasteiger partial charge in [0.1, 0.15) is 6.04 Å². The van der Waals surface area contributed by atoms with Crippen LogP contribution in [-0.2, 0) is 11.3 Å². The van der Waals surface area contributed by atoms with Crippen molar-refractivity contribution in [2.45, 2.75) is 45.2 Å². The number of likely N-dealkylation sites (tertiary alicyclic amines) is 1. The van der Waals surface area contributed by atoms with Gasteiger partial charge in [0, 0.05) is 37.3 Å². The first-order valence-corrected chi connectivity index (χ1v) is 8.83. The Balaban J connectivity index is 1.72. The van der Waals surface area contributed by atoms with Crippen molar-refractivity contribution in [3.8, 4) is 0 Å². The number of amides is 2. The van der Waals surface area contributed by atoms with E-state index in [1.54, 1.807) is 17.0 Å². The number of carboxylic acids is 1. The summed E-state index contributed by atoms with van der Waals surface area (Å²) in [5.41, 5.74) is 0.978. The van der Waals surface area contributed by atoms with Crippen molar-refractivity contribution in [2.24, 2.45) is 11.8 Å². The molecule has 7 heteroatoms. The number of carboxylic acid groups (broad SMARTS) is 1. The number of aromatic nitrogens is 1. The number of hydrogen-bond donors (Lipinski definition) is 2. The average molecular weight is 347 g/mol. The zero-order valence-corrected chi connectivity index (χ0v) is 14.6. The summed E-state index contributed by atoms with van der Waals surface area (Å²) in [4.78, 5) is 37.7. The molecule has 0 aliphatic carbocycles. The number of nitrogens with zero attached hydrogens (tertiary/aromatic N) is 2. The lowest BCUT2D eigenvalue weighted by atomic mass is 9.83. The number of carbonyl (C=O) groups is 2. The number of pyridine rings is 1. The van der Waals surface area contributed by atoms with Crippen LogP contribution in [0.4, 0.5) is 4.79 Å². The Morgan fingerprint density at radius 1 is 1.28 bits per heavy atom. The Bertz CT molecular complexity index is 727. The lowest BCUT2D eigenvalue weighted by Crippen LogP contribution is -2.54. The minimum atomic E-state index is -1.00. The van der Waals surface area contributed by atoms with E-state index < -0.39 is 12.0 Å². The topological polar surface area (TPSA) is 91.6 Å². The smallest absolute Gasteiger partial charge is 0.326 e. The van der Waals surface area contributed by atoms with Crippen LogP contribution >= 0.6 is 0 Å². The highest BCUT2D eigenvalue weighted by Gasteiger charge is 2.37. The number of nitrogens with one attached hydrogen (secondary N) is 1. The molecule has 0 unspecified atom stereocenters. The first-order valence-electron chi connectivity index (χ1n) is 8.83. The highest BCUT2D eigenvalue weighted by molar-refractivity contribution is 5.82. The minimum absolute atomic E-state index is 0.00739. The van der Waals surface area contributed by atoms with Gasteiger partial charge in [0.15, 0.2) is 0 Å². The molecule has 2 N–H and O–H groups in total. The van der Waals surface area contributed by atoms with Gasteiger partial charge in [-0.25, -0.2) is 9.59 Å². The Kier molecular flexibility index (Phi) is 4.83. The second-order valence-electron chi connectivity index (χ2n) is 7.57. The van der Waals surface area contributed by atoms with Crippen LogP contribution in [0.3, 0.4) is 0 Å². The molecule has 0 saturated carbocycles. The molecule has 7 nitrogen and oxygen atoms in total. The summed E-state index contributed by atoms with van der Waals surface area (Å²) >= 11 is 0. The van der Waals surface area contributed by atoms with Gasteiger partial charge in [0.2, 0.25) is 0 Å². The van der Waals surface area contributed by atoms with E-state index in [4.69, 9.17) is 0 Å². The van der Waals surface area contributed by atoms with Crippen LogP contribution in [0.2, 0.25) is 0 Å². The zero-order valence-electron chi connectivity index (χ0n) is 14.6. The van der Waals surface area contributed by atoms with Crippen molar-refractivity contribution in [3.05, 3.63) is 34.2 Å². The van der Waals surface area contributed by atoms with Gasteiger partial charge in [-0.05, 0) is 30.7 Å². The largest absolute Gasteiger partial charge is 0.480 e. The number of rotatable bonds is 4. The van der Waals surface area contributed by atoms with Crippen LogP contribution in [0.15, 0.2) is 23.0 Å². The molecule has 2 aliphatic heterocycles. The second-order valence-corrected chi connectivity index (χ2v) is 7.57. The van der Waals surface area contributed by atoms with Gasteiger partial charge in [-0.3, -0.25) is 4.79 Å². The van der Waals surface area contributed by atoms with E-state index in [0.717, 1.165) is 12.1 Å². The van der Waals surface area contributed by atoms with Gasteiger partial charge in [0.25, 0.3) is 5.56 Å². The van der Waals surface area contributed by atoms with Gasteiger partial charge in [0.05, 0.1) is 0 Å². The van der Waals surface area contributed by atoms with Crippen LogP contribution < -0.4 is 10.9 Å². The highest BCUT2D eigenvalue weighted by Crippen LogP contribution is 2.34. The van der Waals surface area contributed by atoms with Crippen LogP contribution in [0, 0.1) is 11.8 Å². The second kappa shape index (κ2) is 6.90. The van der Waals surface area contributed by atoms with Crippen molar-refractivity contribution in [1.82, 2.24) is 14.8 Å². The van der Waals surface area contributed by atoms with E-state index in [9.17, 15) is 19.5 Å². The van der Waals surface area contributed by atoms with E-state index >= 15 is 0 Å². The first-order chi connectivity index (χ1) is 11.8. The number of urea groups is 1. The third kappa shape index (κ3) is 3.70. The summed E-state index contributed by atoms with van der Waals surface area (Å²) < 4.78 is 1.81. The van der Waals surface area contributed by atoms with Crippen molar-refractivity contribution in [2.75, 3.05) is 13.1 Å². The molecule has 1 saturated heterocycles. The molecule has 3 rings (SSSR count). The standard InChI is InChI=1S/C18H25N3O4/c1-11(2)6-14(17(23)24)19-18(25)20-8-12-7-13(10-20)15-4-3-5-16(22)21(15)9-12/h3-5,11-14H,6-10H2,1-2H3,(H,19,25)(H,23,24)/t12-,13-,14+/m0/s1. The maximum atomic E-state index is 12.6. The minimum Gasteiger partial charge on any atom is -0.480 e. The third-order valence-corrected chi connectivity index (χ3v) is 5.07. The highest BCUT2D eigenvalue weighted by atomic mass is 16.4. The van der Waals surface area contributed by atoms with Gasteiger partial charge >= 0.3 is 12.0 Å². The molecule has 3 heterocycles. The monoisotopic (exact) mass is 347 g/mol. The van der Waals surface area contributed by atoms with Crippen molar-refractivity contribution >= 4 is 12.0 Å². The number of aliphatic carboxylic acids is 1. The molecule has 0 aromatic carbocycles. The Morgan fingerprint density at radius 2 is 2.04 bits per heavy atom. The summed E-state index contributed by atoms with van der Waals surface area (Å²) in [6.07, 6.45) is 1.36. The molecular weight excluding hydrogens is 322 g/mol. The maximum absolute atomic E-state index is 12.6. The molecule has 0 radical (unpaired) electrons. The molecule has 2 amide bonds. The zero-order chi connectivity index (χ0) is 18.1. The Labute approximate surface area is 146 Å². The summed E-state index contributed by atoms with van der Waals surface area (Å²) in [5.74, 6) is -0.469. The summed E-state index contributed by atoms with van der Waals surface area (Å²) in [6.45, 7) is 5.55. The lowest BCUT2D eigenvalue weighted by molar-refractivity contribution is -0.139. The normalized spacial score (nSPS) is 23.1. The molecular formula is C18H25N3O4. The molecule has 25 heavy (non-hydrogen) atoms. The molecule has 3 atom stereocenters. The number of hydrogen-bond acceptors (Lipinski definition) is 3. The summed E-state index contributed by atoms with van der Waals surface area (Å²) in [6, 6.07) is 4.08. The Morgan fingerprint density at radius 3 is 2.72 bits per heavy atom. The van der Waals surface area contributed by atoms with E-state index in [1.807, 2.05) is 24.5 Å². The molecule has 1 fully saturated rings. The van der Waals surface area contributed by atoms with Gasteiger partial charge < -0.3 is 19.9 Å². The Hall–Kier alpha value is -2.31. The predicted octanol–water partition coefficient (Wildman–Crippen LogP) is 1.48. The summed E-state index contributed by atoms with van der Waals surface area (Å²) in [5, 5.41) is 12.0. The van der Waals surface area contributed by atoms with Crippen LogP contribution in [0.5, 0.6) is 0 Å². The quantitative estimate of drug-likeness (QED) is 0.863. The fraction of sp³-hybridized carbons (Fsp3) is 0.611. The molecule has 1 aromatic heterocycles. The van der Waals surface area contributed by atoms with Crippen LogP contribution in [-0.4, -0.2) is 45.7 Å². The fourth-order valence-corrected chi connectivity index (χ4v) is 4.00. The average Bonchev–Trinajstić information content (AvgIpc) is 2.54. The third-order valence-electron chi connectivity index (χ3n) is 5.07. The molecule has 0 spiro atoms. The SMILES string of the molecule is CC(C)C[C@@H](NC(=O)N1C[C@@H]2C[C@@H](C1)c1cccc(=O)n1C2)C(=O)O. The number of fused-ring (bicyclic) bond motifs is 4. The van der Waals surface area contributed by atoms with E-state index in [-0.39, 0.29) is 29.3 Å². The molecule has 1 aromatic rings. The molecule has 2 aliphatic rings. The summed E-state index contributed by atoms with van der Waals surface area (Å²) in [7, 11) is 0. The predicted molar refractivity (Wildman–Crippen MR) is 92.5 cm³/mol. The van der Waals surface area contributed by atoms with Gasteiger partial charge in [-0.15, -0.1) is 0 Å². The van der Waals surface area contributed by atoms with E-state index in [0.29, 0.717) is 26.1 Å². The molecule has 136 valence electrons. The van der Waals surface area contributed by atoms with Crippen molar-refractivity contribution < 1.29 is 14.7 Å². The van der Waals surface area contributed by atoms with Crippen LogP contribution in [0.25, 0.3) is 0 Å². The van der Waals surface area contributed by atoms with E-state index in [2.05, 4.69) is 5.32 Å². The lowest BCUT2D eigenvalue weighted by Gasteiger charge is -2.42. The number of piperidine rings is 1. The van der Waals surface area contributed by atoms with Gasteiger partial charge in [-0.2, -0.15) is 0 Å². The van der Waals surface area contributed by atoms with Crippen LogP contribution in [0.1, 0.15) is 38.3 Å². The van der Waals surface area contributed by atoms with E-state index in [1.165, 1.54) is 0 Å². The van der Waals surface area contributed by atoms with Crippen molar-refractivity contribution in [3.63, 3.8) is 0 Å². The number of carbonyl (C=O) groups excluding carboxylic acids is 1.